The maximum Gasteiger partial charge on any atom is 0.342 e. The zero-order chi connectivity index (χ0) is 14.6. The quantitative estimate of drug-likeness (QED) is 0.612. The highest BCUT2D eigenvalue weighted by molar-refractivity contribution is 5.93. The molecular weight excluding hydrogens is 255 g/mol. The Morgan fingerprint density at radius 3 is 2.47 bits per heavy atom. The highest BCUT2D eigenvalue weighted by atomic mass is 19.1. The third-order valence-electron chi connectivity index (χ3n) is 2.86. The third-order valence-corrected chi connectivity index (χ3v) is 2.86. The molecule has 0 unspecified atom stereocenters. The van der Waals surface area contributed by atoms with Crippen molar-refractivity contribution in [1.29, 1.82) is 0 Å². The van der Waals surface area contributed by atoms with Crippen molar-refractivity contribution in [2.75, 3.05) is 5.32 Å². The number of nitrogens with zero attached hydrogens (tertiary/aromatic N) is 1. The lowest BCUT2D eigenvalue weighted by Crippen LogP contribution is -2.18. The van der Waals surface area contributed by atoms with Crippen molar-refractivity contribution < 1.29 is 19.2 Å². The first-order chi connectivity index (χ1) is 8.90. The van der Waals surface area contributed by atoms with Crippen molar-refractivity contribution in [3.05, 3.63) is 33.6 Å². The topological polar surface area (TPSA) is 92.5 Å². The lowest BCUT2D eigenvalue weighted by atomic mass is 10.1. The first kappa shape index (κ1) is 14.9. The number of carboxylic acid groups (broad SMARTS) is 1. The number of rotatable bonds is 6. The number of halogens is 1. The first-order valence-corrected chi connectivity index (χ1v) is 5.88. The van der Waals surface area contributed by atoms with Gasteiger partial charge in [0.1, 0.15) is 5.56 Å². The van der Waals surface area contributed by atoms with Crippen LogP contribution in [0.15, 0.2) is 12.1 Å². The summed E-state index contributed by atoms with van der Waals surface area (Å²) >= 11 is 0. The largest absolute Gasteiger partial charge is 0.477 e. The summed E-state index contributed by atoms with van der Waals surface area (Å²) in [5.41, 5.74) is -1.31. The average Bonchev–Trinajstić information content (AvgIpc) is 2.36. The highest BCUT2D eigenvalue weighted by Crippen LogP contribution is 2.27. The van der Waals surface area contributed by atoms with E-state index in [1.54, 1.807) is 0 Å². The molecule has 0 spiro atoms. The van der Waals surface area contributed by atoms with Gasteiger partial charge in [-0.3, -0.25) is 10.1 Å². The van der Waals surface area contributed by atoms with Gasteiger partial charge in [0.25, 0.3) is 5.69 Å². The number of hydrogen-bond acceptors (Lipinski definition) is 4. The molecule has 6 nitrogen and oxygen atoms in total. The molecule has 1 aromatic rings. The Bertz CT molecular complexity index is 501. The summed E-state index contributed by atoms with van der Waals surface area (Å²) in [4.78, 5) is 20.7. The standard InChI is InChI=1S/C12H15FN2O4/c1-3-7(4-2)14-10-5-8(12(16)17)11(15(18)19)6-9(10)13/h5-7,14H,3-4H2,1-2H3,(H,16,17). The molecule has 0 radical (unpaired) electrons. The molecule has 0 aliphatic rings. The van der Waals surface area contributed by atoms with Crippen LogP contribution in [0, 0.1) is 15.9 Å². The van der Waals surface area contributed by atoms with Crippen molar-refractivity contribution in [3.8, 4) is 0 Å². The van der Waals surface area contributed by atoms with E-state index in [0.717, 1.165) is 18.9 Å². The zero-order valence-corrected chi connectivity index (χ0v) is 10.6. The zero-order valence-electron chi connectivity index (χ0n) is 10.6. The summed E-state index contributed by atoms with van der Waals surface area (Å²) < 4.78 is 13.7. The molecule has 0 aliphatic heterocycles. The van der Waals surface area contributed by atoms with Gasteiger partial charge < -0.3 is 10.4 Å². The van der Waals surface area contributed by atoms with Crippen LogP contribution in [0.4, 0.5) is 15.8 Å². The number of carboxylic acids is 1. The fraction of sp³-hybridized carbons (Fsp3) is 0.417. The second-order valence-electron chi connectivity index (χ2n) is 4.07. The van der Waals surface area contributed by atoms with Crippen LogP contribution in [-0.2, 0) is 0 Å². The van der Waals surface area contributed by atoms with Crippen LogP contribution in [0.1, 0.15) is 37.0 Å². The number of aromatic carboxylic acids is 1. The lowest BCUT2D eigenvalue weighted by Gasteiger charge is -2.17. The number of nitrogens with one attached hydrogen (secondary N) is 1. The van der Waals surface area contributed by atoms with Gasteiger partial charge in [0, 0.05) is 6.04 Å². The normalized spacial score (nSPS) is 10.5. The number of benzene rings is 1. The Hall–Kier alpha value is -2.18. The minimum atomic E-state index is -1.46. The Morgan fingerprint density at radius 2 is 2.05 bits per heavy atom. The molecule has 0 aliphatic carbocycles. The maximum absolute atomic E-state index is 13.7. The first-order valence-electron chi connectivity index (χ1n) is 5.88. The lowest BCUT2D eigenvalue weighted by molar-refractivity contribution is -0.385. The molecule has 104 valence electrons. The Morgan fingerprint density at radius 1 is 1.47 bits per heavy atom. The number of anilines is 1. The van der Waals surface area contributed by atoms with Crippen molar-refractivity contribution >= 4 is 17.3 Å². The molecule has 1 rings (SSSR count). The van der Waals surface area contributed by atoms with Crippen molar-refractivity contribution in [1.82, 2.24) is 0 Å². The molecule has 7 heteroatoms. The summed E-state index contributed by atoms with van der Waals surface area (Å²) in [6.07, 6.45) is 1.46. The molecule has 0 atom stereocenters. The molecule has 19 heavy (non-hydrogen) atoms. The SMILES string of the molecule is CCC(CC)Nc1cc(C(=O)O)c([N+](=O)[O-])cc1F. The van der Waals surface area contributed by atoms with E-state index >= 15 is 0 Å². The van der Waals surface area contributed by atoms with Crippen molar-refractivity contribution in [2.45, 2.75) is 32.7 Å². The smallest absolute Gasteiger partial charge is 0.342 e. The summed E-state index contributed by atoms with van der Waals surface area (Å²) in [6.45, 7) is 3.81. The van der Waals surface area contributed by atoms with Crippen molar-refractivity contribution in [2.24, 2.45) is 0 Å². The molecule has 0 bridgehead atoms. The molecule has 1 aromatic carbocycles. The summed E-state index contributed by atoms with van der Waals surface area (Å²) in [6, 6.07) is 1.58. The average molecular weight is 270 g/mol. The molecule has 0 aromatic heterocycles. The molecule has 0 fully saturated rings. The second-order valence-corrected chi connectivity index (χ2v) is 4.07. The third kappa shape index (κ3) is 3.40. The molecular formula is C12H15FN2O4. The molecule has 0 saturated carbocycles. The van der Waals surface area contributed by atoms with Crippen LogP contribution in [0.25, 0.3) is 0 Å². The maximum atomic E-state index is 13.7. The van der Waals surface area contributed by atoms with Crippen molar-refractivity contribution in [3.63, 3.8) is 0 Å². The molecule has 2 N–H and O–H groups in total. The predicted molar refractivity (Wildman–Crippen MR) is 68.0 cm³/mol. The summed E-state index contributed by atoms with van der Waals surface area (Å²) in [5.74, 6) is -2.29. The van der Waals surface area contributed by atoms with Crippen LogP contribution in [-0.4, -0.2) is 22.0 Å². The van der Waals surface area contributed by atoms with Gasteiger partial charge in [-0.25, -0.2) is 9.18 Å². The number of nitro benzene ring substituents is 1. The van der Waals surface area contributed by atoms with E-state index in [2.05, 4.69) is 5.32 Å². The Balaban J connectivity index is 3.24. The van der Waals surface area contributed by atoms with Gasteiger partial charge in [-0.05, 0) is 18.9 Å². The molecule has 0 saturated heterocycles. The van der Waals surface area contributed by atoms with E-state index in [0.29, 0.717) is 6.07 Å². The fourth-order valence-electron chi connectivity index (χ4n) is 1.71. The minimum Gasteiger partial charge on any atom is -0.477 e. The van der Waals surface area contributed by atoms with Crippen LogP contribution in [0.3, 0.4) is 0 Å². The van der Waals surface area contributed by atoms with E-state index in [1.165, 1.54) is 0 Å². The number of carbonyl (C=O) groups is 1. The van der Waals surface area contributed by atoms with Gasteiger partial charge in [-0.1, -0.05) is 13.8 Å². The Kier molecular flexibility index (Phi) is 4.80. The molecule has 0 heterocycles. The van der Waals surface area contributed by atoms with Crippen LogP contribution < -0.4 is 5.32 Å². The van der Waals surface area contributed by atoms with Crippen LogP contribution in [0.2, 0.25) is 0 Å². The van der Waals surface area contributed by atoms with Gasteiger partial charge >= 0.3 is 5.97 Å². The second kappa shape index (κ2) is 6.12. The molecule has 0 amide bonds. The van der Waals surface area contributed by atoms with Gasteiger partial charge in [-0.2, -0.15) is 0 Å². The number of nitro groups is 1. The monoisotopic (exact) mass is 270 g/mol. The summed E-state index contributed by atoms with van der Waals surface area (Å²) in [7, 11) is 0. The number of hydrogen-bond donors (Lipinski definition) is 2. The highest BCUT2D eigenvalue weighted by Gasteiger charge is 2.23. The minimum absolute atomic E-state index is 0.0161. The van der Waals surface area contributed by atoms with Gasteiger partial charge in [0.15, 0.2) is 5.82 Å². The summed E-state index contributed by atoms with van der Waals surface area (Å²) in [5, 5.41) is 22.5. The van der Waals surface area contributed by atoms with Crippen LogP contribution in [0.5, 0.6) is 0 Å². The van der Waals surface area contributed by atoms with E-state index < -0.39 is 28.0 Å². The fourth-order valence-corrected chi connectivity index (χ4v) is 1.71. The van der Waals surface area contributed by atoms with E-state index in [-0.39, 0.29) is 11.7 Å². The van der Waals surface area contributed by atoms with E-state index in [9.17, 15) is 19.3 Å². The van der Waals surface area contributed by atoms with Crippen LogP contribution >= 0.6 is 0 Å². The predicted octanol–water partition coefficient (Wildman–Crippen LogP) is 3.03. The Labute approximate surface area is 109 Å². The van der Waals surface area contributed by atoms with Gasteiger partial charge in [0.05, 0.1) is 16.7 Å². The van der Waals surface area contributed by atoms with Gasteiger partial charge in [-0.15, -0.1) is 0 Å². The van der Waals surface area contributed by atoms with E-state index in [1.807, 2.05) is 13.8 Å². The van der Waals surface area contributed by atoms with E-state index in [4.69, 9.17) is 5.11 Å². The van der Waals surface area contributed by atoms with Gasteiger partial charge in [0.2, 0.25) is 0 Å².